The number of allylic oxidation sites excluding steroid dienone is 6. The number of nitrogens with one attached hydrogen (secondary N) is 1. The molecule has 6 heteroatoms. The minimum atomic E-state index is -1.29. The largest absolute Gasteiger partial charge is 0.394 e. The van der Waals surface area contributed by atoms with Gasteiger partial charge >= 0.3 is 0 Å². The number of amides is 1. The van der Waals surface area contributed by atoms with Crippen molar-refractivity contribution in [3.63, 3.8) is 0 Å². The first-order valence-corrected chi connectivity index (χ1v) is 28.3. The number of hydrogen-bond donors (Lipinski definition) is 5. The molecule has 0 aliphatic heterocycles. The van der Waals surface area contributed by atoms with Gasteiger partial charge in [-0.3, -0.25) is 4.79 Å². The van der Waals surface area contributed by atoms with E-state index in [1.54, 1.807) is 0 Å². The highest BCUT2D eigenvalue weighted by atomic mass is 16.3. The van der Waals surface area contributed by atoms with Gasteiger partial charge < -0.3 is 25.7 Å². The summed E-state index contributed by atoms with van der Waals surface area (Å²) in [7, 11) is 0. The lowest BCUT2D eigenvalue weighted by molar-refractivity contribution is -0.132. The molecule has 0 bridgehead atoms. The monoisotopic (exact) mass is 902 g/mol. The van der Waals surface area contributed by atoms with Crippen molar-refractivity contribution in [2.24, 2.45) is 0 Å². The molecule has 0 aromatic heterocycles. The fraction of sp³-hybridized carbons (Fsp3) is 0.879. The second-order valence-corrected chi connectivity index (χ2v) is 19.6. The van der Waals surface area contributed by atoms with Crippen molar-refractivity contribution in [1.82, 2.24) is 5.32 Å². The Morgan fingerprint density at radius 1 is 0.406 bits per heavy atom. The Morgan fingerprint density at radius 3 is 1.02 bits per heavy atom. The van der Waals surface area contributed by atoms with Crippen molar-refractivity contribution in [2.75, 3.05) is 6.61 Å². The predicted octanol–water partition coefficient (Wildman–Crippen LogP) is 16.4. The molecule has 0 saturated heterocycles. The van der Waals surface area contributed by atoms with Crippen LogP contribution in [0.3, 0.4) is 0 Å². The SMILES string of the molecule is C/C=C/CC/C=C/CC/C=C/CCCC(O)C(O)C(CO)NC(=O)C(O)CCCCCCCCCCCCCCCCCCCCCCCCCCCCCCCCCCCCCC. The van der Waals surface area contributed by atoms with Crippen molar-refractivity contribution >= 4 is 5.91 Å². The van der Waals surface area contributed by atoms with Crippen LogP contribution in [0.4, 0.5) is 0 Å². The lowest BCUT2D eigenvalue weighted by Gasteiger charge is -2.27. The highest BCUT2D eigenvalue weighted by molar-refractivity contribution is 5.80. The third-order valence-corrected chi connectivity index (χ3v) is 13.4. The number of carbonyl (C=O) groups excluding carboxylic acids is 1. The third-order valence-electron chi connectivity index (χ3n) is 13.4. The van der Waals surface area contributed by atoms with Gasteiger partial charge in [0.15, 0.2) is 0 Å². The lowest BCUT2D eigenvalue weighted by Crippen LogP contribution is -2.53. The lowest BCUT2D eigenvalue weighted by atomic mass is 10.00. The quantitative estimate of drug-likeness (QED) is 0.0309. The molecular weight excluding hydrogens is 791 g/mol. The van der Waals surface area contributed by atoms with E-state index in [2.05, 4.69) is 48.7 Å². The maximum Gasteiger partial charge on any atom is 0.249 e. The highest BCUT2D eigenvalue weighted by Crippen LogP contribution is 2.18. The summed E-state index contributed by atoms with van der Waals surface area (Å²) in [6, 6.07) is -1.01. The highest BCUT2D eigenvalue weighted by Gasteiger charge is 2.28. The van der Waals surface area contributed by atoms with Crippen LogP contribution in [0.2, 0.25) is 0 Å². The standard InChI is InChI=1S/C58H111NO5/c1-3-5-7-9-11-13-15-17-18-19-20-21-22-23-24-25-26-27-28-29-30-31-32-33-34-35-36-37-38-39-40-42-44-46-48-50-52-56(62)58(64)59-54(53-60)57(63)55(61)51-49-47-45-43-41-16-14-12-10-8-6-4-2/h4,6,12,14,43,45,54-57,60-63H,3,5,7-11,13,15-42,44,46-53H2,1-2H3,(H,59,64)/b6-4+,14-12+,45-43+. The molecule has 64 heavy (non-hydrogen) atoms. The minimum Gasteiger partial charge on any atom is -0.394 e. The molecule has 0 spiro atoms. The number of aliphatic hydroxyl groups is 4. The summed E-state index contributed by atoms with van der Waals surface area (Å²) in [4.78, 5) is 12.5. The first kappa shape index (κ1) is 62.5. The molecule has 6 nitrogen and oxygen atoms in total. The Balaban J connectivity index is 3.49. The maximum atomic E-state index is 12.5. The zero-order valence-electron chi connectivity index (χ0n) is 42.8. The molecule has 1 amide bonds. The van der Waals surface area contributed by atoms with Crippen LogP contribution in [0.5, 0.6) is 0 Å². The van der Waals surface area contributed by atoms with E-state index in [1.807, 2.05) is 6.92 Å². The van der Waals surface area contributed by atoms with Gasteiger partial charge in [-0.2, -0.15) is 0 Å². The van der Waals surface area contributed by atoms with Crippen molar-refractivity contribution in [3.05, 3.63) is 36.5 Å². The van der Waals surface area contributed by atoms with E-state index in [0.717, 1.165) is 51.4 Å². The van der Waals surface area contributed by atoms with E-state index >= 15 is 0 Å². The van der Waals surface area contributed by atoms with Crippen LogP contribution >= 0.6 is 0 Å². The fourth-order valence-corrected chi connectivity index (χ4v) is 8.98. The van der Waals surface area contributed by atoms with Crippen molar-refractivity contribution < 1.29 is 25.2 Å². The molecular formula is C58H111NO5. The van der Waals surface area contributed by atoms with E-state index in [1.165, 1.54) is 212 Å². The van der Waals surface area contributed by atoms with E-state index < -0.39 is 36.9 Å². The summed E-state index contributed by atoms with van der Waals surface area (Å²) >= 11 is 0. The molecule has 0 rings (SSSR count). The Kier molecular flexibility index (Phi) is 51.3. The number of rotatable bonds is 52. The molecule has 0 fully saturated rings. The zero-order valence-corrected chi connectivity index (χ0v) is 42.8. The number of carbonyl (C=O) groups is 1. The van der Waals surface area contributed by atoms with Crippen molar-refractivity contribution in [2.45, 2.75) is 321 Å². The molecule has 0 aromatic carbocycles. The van der Waals surface area contributed by atoms with Crippen LogP contribution in [0, 0.1) is 0 Å². The van der Waals surface area contributed by atoms with Crippen LogP contribution in [0.15, 0.2) is 36.5 Å². The average molecular weight is 903 g/mol. The van der Waals surface area contributed by atoms with E-state index in [-0.39, 0.29) is 0 Å². The molecule has 378 valence electrons. The molecule has 0 aliphatic rings. The van der Waals surface area contributed by atoms with Gasteiger partial charge in [-0.15, -0.1) is 0 Å². The maximum absolute atomic E-state index is 12.5. The molecule has 4 unspecified atom stereocenters. The number of unbranched alkanes of at least 4 members (excludes halogenated alkanes) is 38. The van der Waals surface area contributed by atoms with Gasteiger partial charge in [0.2, 0.25) is 5.91 Å². The van der Waals surface area contributed by atoms with Crippen LogP contribution in [-0.2, 0) is 4.79 Å². The van der Waals surface area contributed by atoms with Gasteiger partial charge in [-0.25, -0.2) is 0 Å². The van der Waals surface area contributed by atoms with Gasteiger partial charge in [0, 0.05) is 0 Å². The summed E-state index contributed by atoms with van der Waals surface area (Å²) in [6.07, 6.45) is 65.5. The van der Waals surface area contributed by atoms with Crippen LogP contribution in [-0.4, -0.2) is 57.3 Å². The van der Waals surface area contributed by atoms with Crippen LogP contribution < -0.4 is 5.32 Å². The Bertz CT molecular complexity index is 1010. The predicted molar refractivity (Wildman–Crippen MR) is 279 cm³/mol. The van der Waals surface area contributed by atoms with Gasteiger partial charge in [0.25, 0.3) is 0 Å². The molecule has 0 saturated carbocycles. The van der Waals surface area contributed by atoms with Gasteiger partial charge in [0.1, 0.15) is 12.2 Å². The van der Waals surface area contributed by atoms with Crippen LogP contribution in [0.25, 0.3) is 0 Å². The summed E-state index contributed by atoms with van der Waals surface area (Å²) in [6.45, 7) is 3.84. The van der Waals surface area contributed by atoms with Gasteiger partial charge in [-0.1, -0.05) is 275 Å². The first-order chi connectivity index (χ1) is 31.5. The Labute approximate surface area is 398 Å². The summed E-state index contributed by atoms with van der Waals surface area (Å²) in [5.74, 6) is -0.597. The minimum absolute atomic E-state index is 0.362. The smallest absolute Gasteiger partial charge is 0.249 e. The molecule has 0 aliphatic carbocycles. The topological polar surface area (TPSA) is 110 Å². The normalized spacial score (nSPS) is 14.0. The van der Waals surface area contributed by atoms with Gasteiger partial charge in [0.05, 0.1) is 18.8 Å². The summed E-state index contributed by atoms with van der Waals surface area (Å²) < 4.78 is 0. The van der Waals surface area contributed by atoms with E-state index in [9.17, 15) is 25.2 Å². The van der Waals surface area contributed by atoms with Crippen molar-refractivity contribution in [3.8, 4) is 0 Å². The number of aliphatic hydroxyl groups excluding tert-OH is 4. The summed E-state index contributed by atoms with van der Waals surface area (Å²) in [5, 5.41) is 43.7. The second-order valence-electron chi connectivity index (χ2n) is 19.6. The second kappa shape index (κ2) is 52.5. The van der Waals surface area contributed by atoms with E-state index in [4.69, 9.17) is 0 Å². The third kappa shape index (κ3) is 45.7. The Morgan fingerprint density at radius 2 is 0.703 bits per heavy atom. The molecule has 0 aromatic rings. The zero-order chi connectivity index (χ0) is 46.7. The fourth-order valence-electron chi connectivity index (χ4n) is 8.98. The summed E-state index contributed by atoms with van der Waals surface area (Å²) in [5.41, 5.74) is 0. The molecule has 0 radical (unpaired) electrons. The first-order valence-electron chi connectivity index (χ1n) is 28.3. The average Bonchev–Trinajstić information content (AvgIpc) is 3.30. The molecule has 0 heterocycles. The van der Waals surface area contributed by atoms with Crippen LogP contribution in [0.1, 0.15) is 296 Å². The van der Waals surface area contributed by atoms with E-state index in [0.29, 0.717) is 19.3 Å². The molecule has 5 N–H and O–H groups in total. The Hall–Kier alpha value is -1.47. The number of hydrogen-bond acceptors (Lipinski definition) is 5. The molecule has 4 atom stereocenters. The van der Waals surface area contributed by atoms with Gasteiger partial charge in [-0.05, 0) is 58.3 Å². The van der Waals surface area contributed by atoms with Crippen molar-refractivity contribution in [1.29, 1.82) is 0 Å².